The predicted molar refractivity (Wildman–Crippen MR) is 95.3 cm³/mol. The van der Waals surface area contributed by atoms with E-state index in [1.807, 2.05) is 11.9 Å². The van der Waals surface area contributed by atoms with Gasteiger partial charge < -0.3 is 10.2 Å². The highest BCUT2D eigenvalue weighted by molar-refractivity contribution is 7.89. The van der Waals surface area contributed by atoms with Crippen LogP contribution in [-0.4, -0.2) is 51.7 Å². The first-order valence-corrected chi connectivity index (χ1v) is 10.1. The van der Waals surface area contributed by atoms with E-state index in [0.717, 1.165) is 38.0 Å². The molecule has 1 amide bonds. The standard InChI is InChI=1S/C17H27N3O3S/c1-3-24(22,23)19-13-14-4-6-16(7-5-14)17(21)20-10-8-15(9-11-20)12-18-2/h4-7,15,18-19H,3,8-13H2,1-2H3. The molecule has 0 atom stereocenters. The van der Waals surface area contributed by atoms with Crippen molar-refractivity contribution in [3.8, 4) is 0 Å². The van der Waals surface area contributed by atoms with Crippen molar-refractivity contribution in [2.45, 2.75) is 26.3 Å². The molecule has 1 aliphatic heterocycles. The topological polar surface area (TPSA) is 78.5 Å². The first-order valence-electron chi connectivity index (χ1n) is 8.45. The smallest absolute Gasteiger partial charge is 0.253 e. The Morgan fingerprint density at radius 3 is 2.38 bits per heavy atom. The van der Waals surface area contributed by atoms with Gasteiger partial charge in [0.1, 0.15) is 0 Å². The number of nitrogens with one attached hydrogen (secondary N) is 2. The fraction of sp³-hybridized carbons (Fsp3) is 0.588. The van der Waals surface area contributed by atoms with Gasteiger partial charge in [0.05, 0.1) is 5.75 Å². The summed E-state index contributed by atoms with van der Waals surface area (Å²) in [5, 5.41) is 3.19. The van der Waals surface area contributed by atoms with Crippen LogP contribution in [0.25, 0.3) is 0 Å². The molecule has 0 bridgehead atoms. The zero-order valence-electron chi connectivity index (χ0n) is 14.4. The SMILES string of the molecule is CCS(=O)(=O)NCc1ccc(C(=O)N2CCC(CNC)CC2)cc1. The highest BCUT2D eigenvalue weighted by Crippen LogP contribution is 2.18. The number of carbonyl (C=O) groups is 1. The van der Waals surface area contributed by atoms with E-state index in [4.69, 9.17) is 0 Å². The lowest BCUT2D eigenvalue weighted by Crippen LogP contribution is -2.40. The number of likely N-dealkylation sites (tertiary alicyclic amines) is 1. The number of hydrogen-bond acceptors (Lipinski definition) is 4. The van der Waals surface area contributed by atoms with Gasteiger partial charge >= 0.3 is 0 Å². The molecular formula is C17H27N3O3S. The summed E-state index contributed by atoms with van der Waals surface area (Å²) < 4.78 is 25.4. The average molecular weight is 353 g/mol. The summed E-state index contributed by atoms with van der Waals surface area (Å²) >= 11 is 0. The Hall–Kier alpha value is -1.44. The van der Waals surface area contributed by atoms with Crippen LogP contribution in [0.3, 0.4) is 0 Å². The molecule has 0 radical (unpaired) electrons. The first-order chi connectivity index (χ1) is 11.4. The third kappa shape index (κ3) is 5.29. The Morgan fingerprint density at radius 2 is 1.83 bits per heavy atom. The quantitative estimate of drug-likeness (QED) is 0.772. The molecule has 0 aliphatic carbocycles. The molecule has 1 aromatic carbocycles. The van der Waals surface area contributed by atoms with E-state index in [2.05, 4.69) is 10.0 Å². The van der Waals surface area contributed by atoms with Crippen LogP contribution in [0.5, 0.6) is 0 Å². The number of piperidine rings is 1. The molecule has 2 rings (SSSR count). The molecule has 7 heteroatoms. The highest BCUT2D eigenvalue weighted by atomic mass is 32.2. The van der Waals surface area contributed by atoms with Crippen LogP contribution >= 0.6 is 0 Å². The van der Waals surface area contributed by atoms with Crippen molar-refractivity contribution in [2.24, 2.45) is 5.92 Å². The summed E-state index contributed by atoms with van der Waals surface area (Å²) in [6.07, 6.45) is 2.06. The van der Waals surface area contributed by atoms with E-state index in [-0.39, 0.29) is 18.2 Å². The Balaban J connectivity index is 1.90. The van der Waals surface area contributed by atoms with Crippen molar-refractivity contribution < 1.29 is 13.2 Å². The average Bonchev–Trinajstić information content (AvgIpc) is 2.61. The molecule has 1 saturated heterocycles. The predicted octanol–water partition coefficient (Wildman–Crippen LogP) is 1.20. The summed E-state index contributed by atoms with van der Waals surface area (Å²) in [5.74, 6) is 0.763. The zero-order valence-corrected chi connectivity index (χ0v) is 15.2. The molecule has 24 heavy (non-hydrogen) atoms. The van der Waals surface area contributed by atoms with Gasteiger partial charge in [0.25, 0.3) is 5.91 Å². The van der Waals surface area contributed by atoms with Crippen molar-refractivity contribution in [2.75, 3.05) is 32.4 Å². The van der Waals surface area contributed by atoms with Crippen molar-refractivity contribution in [3.63, 3.8) is 0 Å². The number of amides is 1. The van der Waals surface area contributed by atoms with Gasteiger partial charge in [-0.25, -0.2) is 13.1 Å². The van der Waals surface area contributed by atoms with Crippen LogP contribution in [0.4, 0.5) is 0 Å². The minimum atomic E-state index is -3.20. The molecule has 1 heterocycles. The number of benzene rings is 1. The molecule has 1 aromatic rings. The largest absolute Gasteiger partial charge is 0.339 e. The molecule has 134 valence electrons. The summed E-state index contributed by atoms with van der Waals surface area (Å²) in [4.78, 5) is 14.4. The van der Waals surface area contributed by atoms with E-state index in [1.165, 1.54) is 0 Å². The van der Waals surface area contributed by atoms with Crippen LogP contribution in [0.2, 0.25) is 0 Å². The third-order valence-corrected chi connectivity index (χ3v) is 5.82. The number of hydrogen-bond donors (Lipinski definition) is 2. The number of nitrogens with zero attached hydrogens (tertiary/aromatic N) is 1. The Morgan fingerprint density at radius 1 is 1.21 bits per heavy atom. The van der Waals surface area contributed by atoms with Gasteiger partial charge in [-0.15, -0.1) is 0 Å². The van der Waals surface area contributed by atoms with E-state index >= 15 is 0 Å². The van der Waals surface area contributed by atoms with Crippen molar-refractivity contribution >= 4 is 15.9 Å². The fourth-order valence-electron chi connectivity index (χ4n) is 2.87. The van der Waals surface area contributed by atoms with E-state index in [1.54, 1.807) is 31.2 Å². The molecule has 2 N–H and O–H groups in total. The Labute approximate surface area is 144 Å². The van der Waals surface area contributed by atoms with Gasteiger partial charge in [-0.3, -0.25) is 4.79 Å². The van der Waals surface area contributed by atoms with Crippen LogP contribution < -0.4 is 10.0 Å². The second-order valence-corrected chi connectivity index (χ2v) is 8.31. The molecule has 6 nitrogen and oxygen atoms in total. The minimum Gasteiger partial charge on any atom is -0.339 e. The maximum Gasteiger partial charge on any atom is 0.253 e. The molecule has 1 fully saturated rings. The summed E-state index contributed by atoms with van der Waals surface area (Å²) in [5.41, 5.74) is 1.50. The lowest BCUT2D eigenvalue weighted by Gasteiger charge is -2.32. The number of rotatable bonds is 7. The van der Waals surface area contributed by atoms with Gasteiger partial charge in [0, 0.05) is 25.2 Å². The van der Waals surface area contributed by atoms with Gasteiger partial charge in [-0.05, 0) is 57.0 Å². The molecule has 1 aliphatic rings. The van der Waals surface area contributed by atoms with Gasteiger partial charge in [0.2, 0.25) is 10.0 Å². The summed E-state index contributed by atoms with van der Waals surface area (Å²) in [6.45, 7) is 4.45. The number of sulfonamides is 1. The minimum absolute atomic E-state index is 0.0543. The first kappa shape index (κ1) is 18.9. The second kappa shape index (κ2) is 8.60. The maximum absolute atomic E-state index is 12.5. The maximum atomic E-state index is 12.5. The van der Waals surface area contributed by atoms with Gasteiger partial charge in [0.15, 0.2) is 0 Å². The number of carbonyl (C=O) groups excluding carboxylic acids is 1. The normalized spacial score (nSPS) is 16.3. The van der Waals surface area contributed by atoms with Crippen LogP contribution in [-0.2, 0) is 16.6 Å². The monoisotopic (exact) mass is 353 g/mol. The Kier molecular flexibility index (Phi) is 6.77. The van der Waals surface area contributed by atoms with E-state index < -0.39 is 10.0 Å². The molecule has 0 saturated carbocycles. The van der Waals surface area contributed by atoms with Gasteiger partial charge in [-0.2, -0.15) is 0 Å². The lowest BCUT2D eigenvalue weighted by molar-refractivity contribution is 0.0691. The van der Waals surface area contributed by atoms with Crippen LogP contribution in [0.1, 0.15) is 35.7 Å². The molecule has 0 spiro atoms. The summed E-state index contributed by atoms with van der Waals surface area (Å²) in [7, 11) is -1.24. The van der Waals surface area contributed by atoms with Crippen molar-refractivity contribution in [3.05, 3.63) is 35.4 Å². The van der Waals surface area contributed by atoms with Gasteiger partial charge in [-0.1, -0.05) is 12.1 Å². The molecule has 0 aromatic heterocycles. The van der Waals surface area contributed by atoms with Crippen LogP contribution in [0, 0.1) is 5.92 Å². The fourth-order valence-corrected chi connectivity index (χ4v) is 3.46. The van der Waals surface area contributed by atoms with E-state index in [9.17, 15) is 13.2 Å². The van der Waals surface area contributed by atoms with Crippen molar-refractivity contribution in [1.82, 2.24) is 14.9 Å². The van der Waals surface area contributed by atoms with Crippen molar-refractivity contribution in [1.29, 1.82) is 0 Å². The molecule has 0 unspecified atom stereocenters. The zero-order chi connectivity index (χ0) is 17.6. The Bertz CT molecular complexity index is 636. The van der Waals surface area contributed by atoms with E-state index in [0.29, 0.717) is 11.5 Å². The third-order valence-electron chi connectivity index (χ3n) is 4.47. The second-order valence-electron chi connectivity index (χ2n) is 6.21. The summed E-state index contributed by atoms with van der Waals surface area (Å²) in [6, 6.07) is 7.16. The molecular weight excluding hydrogens is 326 g/mol. The van der Waals surface area contributed by atoms with Crippen LogP contribution in [0.15, 0.2) is 24.3 Å². The lowest BCUT2D eigenvalue weighted by atomic mass is 9.96. The highest BCUT2D eigenvalue weighted by Gasteiger charge is 2.23.